The minimum absolute atomic E-state index is 0.291. The van der Waals surface area contributed by atoms with Crippen LogP contribution in [0.4, 0.5) is 5.69 Å². The number of nitrogens with zero attached hydrogens (tertiary/aromatic N) is 1. The van der Waals surface area contributed by atoms with Gasteiger partial charge in [0.05, 0.1) is 0 Å². The van der Waals surface area contributed by atoms with Gasteiger partial charge in [-0.15, -0.1) is 0 Å². The average molecular weight is 302 g/mol. The summed E-state index contributed by atoms with van der Waals surface area (Å²) in [7, 11) is 0. The quantitative estimate of drug-likeness (QED) is 0.885. The second-order valence-corrected chi connectivity index (χ2v) is 6.93. The summed E-state index contributed by atoms with van der Waals surface area (Å²) < 4.78 is 0. The van der Waals surface area contributed by atoms with Crippen molar-refractivity contribution < 1.29 is 4.79 Å². The largest absolute Gasteiger partial charge is 0.384 e. The Morgan fingerprint density at radius 3 is 2.64 bits per heavy atom. The van der Waals surface area contributed by atoms with E-state index < -0.39 is 0 Å². The van der Waals surface area contributed by atoms with Gasteiger partial charge in [0, 0.05) is 31.7 Å². The van der Waals surface area contributed by atoms with Gasteiger partial charge >= 0.3 is 0 Å². The number of hydrogen-bond donors (Lipinski definition) is 1. The van der Waals surface area contributed by atoms with Gasteiger partial charge in [-0.3, -0.25) is 4.79 Å². The van der Waals surface area contributed by atoms with E-state index >= 15 is 0 Å². The topological polar surface area (TPSA) is 32.3 Å². The first-order valence-corrected chi connectivity index (χ1v) is 8.60. The molecule has 1 saturated heterocycles. The van der Waals surface area contributed by atoms with Crippen LogP contribution in [-0.2, 0) is 4.79 Å². The van der Waals surface area contributed by atoms with Gasteiger partial charge < -0.3 is 10.2 Å². The minimum atomic E-state index is 0.291. The van der Waals surface area contributed by atoms with Gasteiger partial charge in [0.25, 0.3) is 0 Å². The number of piperidine rings is 1. The standard InChI is InChI=1S/C19H30N2O/c1-14(2)17-7-5-6-16(4)19(17)20-11-8-18(22)21-12-9-15(3)10-13-21/h5-7,14-15,20H,8-13H2,1-4H3. The fourth-order valence-electron chi connectivity index (χ4n) is 3.12. The lowest BCUT2D eigenvalue weighted by atomic mass is 9.98. The highest BCUT2D eigenvalue weighted by atomic mass is 16.2. The van der Waals surface area contributed by atoms with E-state index in [1.54, 1.807) is 0 Å². The summed E-state index contributed by atoms with van der Waals surface area (Å²) in [4.78, 5) is 14.3. The number of anilines is 1. The van der Waals surface area contributed by atoms with Gasteiger partial charge in [-0.2, -0.15) is 0 Å². The van der Waals surface area contributed by atoms with Gasteiger partial charge in [-0.25, -0.2) is 0 Å². The number of likely N-dealkylation sites (tertiary alicyclic amines) is 1. The van der Waals surface area contributed by atoms with Crippen LogP contribution in [0.25, 0.3) is 0 Å². The number of carbonyl (C=O) groups excluding carboxylic acids is 1. The molecule has 1 aliphatic heterocycles. The first-order chi connectivity index (χ1) is 10.5. The summed E-state index contributed by atoms with van der Waals surface area (Å²) >= 11 is 0. The molecule has 0 bridgehead atoms. The fourth-order valence-corrected chi connectivity index (χ4v) is 3.12. The number of amides is 1. The number of para-hydroxylation sites is 1. The number of carbonyl (C=O) groups is 1. The van der Waals surface area contributed by atoms with Crippen molar-refractivity contribution in [3.8, 4) is 0 Å². The van der Waals surface area contributed by atoms with Gasteiger partial charge in [-0.05, 0) is 42.7 Å². The summed E-state index contributed by atoms with van der Waals surface area (Å²) in [5.41, 5.74) is 3.79. The van der Waals surface area contributed by atoms with Crippen LogP contribution in [0.1, 0.15) is 57.1 Å². The second-order valence-electron chi connectivity index (χ2n) is 6.93. The Balaban J connectivity index is 1.87. The van der Waals surface area contributed by atoms with E-state index in [9.17, 15) is 4.79 Å². The van der Waals surface area contributed by atoms with E-state index in [-0.39, 0.29) is 0 Å². The maximum absolute atomic E-state index is 12.3. The molecule has 1 amide bonds. The normalized spacial score (nSPS) is 16.1. The molecule has 1 aromatic rings. The Morgan fingerprint density at radius 1 is 1.32 bits per heavy atom. The molecule has 0 unspecified atom stereocenters. The zero-order valence-electron chi connectivity index (χ0n) is 14.5. The third-order valence-electron chi connectivity index (χ3n) is 4.70. The Kier molecular flexibility index (Phi) is 5.87. The van der Waals surface area contributed by atoms with E-state index in [2.05, 4.69) is 51.2 Å². The molecule has 1 fully saturated rings. The van der Waals surface area contributed by atoms with Crippen molar-refractivity contribution in [3.63, 3.8) is 0 Å². The van der Waals surface area contributed by atoms with Crippen molar-refractivity contribution in [3.05, 3.63) is 29.3 Å². The van der Waals surface area contributed by atoms with Crippen molar-refractivity contribution in [1.29, 1.82) is 0 Å². The molecule has 0 saturated carbocycles. The van der Waals surface area contributed by atoms with Gasteiger partial charge in [0.1, 0.15) is 0 Å². The zero-order valence-corrected chi connectivity index (χ0v) is 14.5. The molecular formula is C19H30N2O. The maximum atomic E-state index is 12.3. The third kappa shape index (κ3) is 4.25. The highest BCUT2D eigenvalue weighted by Gasteiger charge is 2.19. The Hall–Kier alpha value is -1.51. The van der Waals surface area contributed by atoms with E-state index in [1.165, 1.54) is 16.8 Å². The Morgan fingerprint density at radius 2 is 2.00 bits per heavy atom. The predicted octanol–water partition coefficient (Wildman–Crippen LogP) is 4.18. The Labute approximate surface area is 135 Å². The van der Waals surface area contributed by atoms with Gasteiger partial charge in [0.2, 0.25) is 5.91 Å². The summed E-state index contributed by atoms with van der Waals surface area (Å²) in [6, 6.07) is 6.41. The number of aryl methyl sites for hydroxylation is 1. The average Bonchev–Trinajstić information content (AvgIpc) is 2.49. The maximum Gasteiger partial charge on any atom is 0.224 e. The van der Waals surface area contributed by atoms with Crippen LogP contribution in [0.2, 0.25) is 0 Å². The molecule has 3 nitrogen and oxygen atoms in total. The Bertz CT molecular complexity index is 502. The molecule has 0 aromatic heterocycles. The molecule has 2 rings (SSSR count). The molecule has 0 atom stereocenters. The molecular weight excluding hydrogens is 272 g/mol. The van der Waals surface area contributed by atoms with Crippen LogP contribution in [0, 0.1) is 12.8 Å². The lowest BCUT2D eigenvalue weighted by Crippen LogP contribution is -2.38. The number of rotatable bonds is 5. The van der Waals surface area contributed by atoms with Crippen molar-refractivity contribution >= 4 is 11.6 Å². The minimum Gasteiger partial charge on any atom is -0.384 e. The van der Waals surface area contributed by atoms with E-state index in [0.29, 0.717) is 18.2 Å². The molecule has 1 aromatic carbocycles. The smallest absolute Gasteiger partial charge is 0.224 e. The first-order valence-electron chi connectivity index (χ1n) is 8.60. The van der Waals surface area contributed by atoms with Crippen LogP contribution < -0.4 is 5.32 Å². The molecule has 1 N–H and O–H groups in total. The van der Waals surface area contributed by atoms with Crippen LogP contribution in [0.15, 0.2) is 18.2 Å². The predicted molar refractivity (Wildman–Crippen MR) is 93.4 cm³/mol. The second kappa shape index (κ2) is 7.66. The number of benzene rings is 1. The van der Waals surface area contributed by atoms with Crippen molar-refractivity contribution in [1.82, 2.24) is 4.90 Å². The zero-order chi connectivity index (χ0) is 16.1. The van der Waals surface area contributed by atoms with E-state index in [1.807, 2.05) is 4.90 Å². The van der Waals surface area contributed by atoms with Crippen LogP contribution in [0.3, 0.4) is 0 Å². The molecule has 0 spiro atoms. The molecule has 0 radical (unpaired) electrons. The third-order valence-corrected chi connectivity index (χ3v) is 4.70. The van der Waals surface area contributed by atoms with Crippen LogP contribution >= 0.6 is 0 Å². The summed E-state index contributed by atoms with van der Waals surface area (Å²) in [6.45, 7) is 11.4. The summed E-state index contributed by atoms with van der Waals surface area (Å²) in [5.74, 6) is 1.54. The SMILES string of the molecule is Cc1cccc(C(C)C)c1NCCC(=O)N1CCC(C)CC1. The van der Waals surface area contributed by atoms with E-state index in [4.69, 9.17) is 0 Å². The molecule has 122 valence electrons. The first kappa shape index (κ1) is 16.9. The highest BCUT2D eigenvalue weighted by Crippen LogP contribution is 2.27. The molecule has 3 heteroatoms. The van der Waals surface area contributed by atoms with Crippen LogP contribution in [-0.4, -0.2) is 30.4 Å². The monoisotopic (exact) mass is 302 g/mol. The molecule has 1 heterocycles. The van der Waals surface area contributed by atoms with Crippen molar-refractivity contribution in [2.24, 2.45) is 5.92 Å². The fraction of sp³-hybridized carbons (Fsp3) is 0.632. The van der Waals surface area contributed by atoms with Crippen LogP contribution in [0.5, 0.6) is 0 Å². The lowest BCUT2D eigenvalue weighted by Gasteiger charge is -2.30. The summed E-state index contributed by atoms with van der Waals surface area (Å²) in [6.07, 6.45) is 2.88. The van der Waals surface area contributed by atoms with Crippen molar-refractivity contribution in [2.75, 3.05) is 25.0 Å². The van der Waals surface area contributed by atoms with Crippen molar-refractivity contribution in [2.45, 2.75) is 52.9 Å². The summed E-state index contributed by atoms with van der Waals surface area (Å²) in [5, 5.41) is 3.49. The molecule has 22 heavy (non-hydrogen) atoms. The van der Waals surface area contributed by atoms with Gasteiger partial charge in [-0.1, -0.05) is 39.0 Å². The lowest BCUT2D eigenvalue weighted by molar-refractivity contribution is -0.132. The molecule has 0 aliphatic carbocycles. The highest BCUT2D eigenvalue weighted by molar-refractivity contribution is 5.77. The van der Waals surface area contributed by atoms with Gasteiger partial charge in [0.15, 0.2) is 0 Å². The number of hydrogen-bond acceptors (Lipinski definition) is 2. The van der Waals surface area contributed by atoms with E-state index in [0.717, 1.165) is 38.4 Å². The molecule has 1 aliphatic rings. The number of nitrogens with one attached hydrogen (secondary N) is 1.